The maximum absolute atomic E-state index is 14.4. The van der Waals surface area contributed by atoms with E-state index in [1.807, 2.05) is 0 Å². The lowest BCUT2D eigenvalue weighted by atomic mass is 9.99. The summed E-state index contributed by atoms with van der Waals surface area (Å²) in [5, 5.41) is 14.4. The Bertz CT molecular complexity index is 1080. The quantitative estimate of drug-likeness (QED) is 0.409. The Hall–Kier alpha value is -3.25. The minimum Gasteiger partial charge on any atom is -0.371 e. The van der Waals surface area contributed by atoms with E-state index in [2.05, 4.69) is 5.32 Å². The Morgan fingerprint density at radius 3 is 2.44 bits per heavy atom. The first-order valence-corrected chi connectivity index (χ1v) is 10.7. The van der Waals surface area contributed by atoms with E-state index in [0.717, 1.165) is 12.1 Å². The molecular formula is C22H22F4N4O4. The molecule has 2 saturated heterocycles. The number of nitrogens with one attached hydrogen (secondary N) is 1. The highest BCUT2D eigenvalue weighted by Gasteiger charge is 2.33. The van der Waals surface area contributed by atoms with Crippen LogP contribution in [0.15, 0.2) is 36.4 Å². The number of amides is 1. The number of halogens is 4. The Morgan fingerprint density at radius 1 is 1.12 bits per heavy atom. The van der Waals surface area contributed by atoms with E-state index >= 15 is 0 Å². The number of morpholine rings is 1. The van der Waals surface area contributed by atoms with E-state index in [4.69, 9.17) is 4.74 Å². The molecule has 2 aromatic rings. The zero-order valence-corrected chi connectivity index (χ0v) is 18.0. The second-order valence-electron chi connectivity index (χ2n) is 8.04. The van der Waals surface area contributed by atoms with Gasteiger partial charge in [0.2, 0.25) is 0 Å². The topological polar surface area (TPSA) is 87.9 Å². The van der Waals surface area contributed by atoms with Crippen molar-refractivity contribution >= 4 is 17.3 Å². The number of nitro groups is 1. The lowest BCUT2D eigenvalue weighted by Crippen LogP contribution is -2.49. The molecular weight excluding hydrogens is 460 g/mol. The van der Waals surface area contributed by atoms with Gasteiger partial charge < -0.3 is 19.9 Å². The summed E-state index contributed by atoms with van der Waals surface area (Å²) in [6.07, 6.45) is -5.08. The van der Waals surface area contributed by atoms with Crippen molar-refractivity contribution in [1.29, 1.82) is 0 Å². The number of nitro benzene ring substituents is 1. The fraction of sp³-hybridized carbons (Fsp3) is 0.409. The van der Waals surface area contributed by atoms with Gasteiger partial charge in [0, 0.05) is 51.4 Å². The number of carbonyl (C=O) groups excluding carboxylic acids is 1. The first kappa shape index (κ1) is 23.9. The van der Waals surface area contributed by atoms with Gasteiger partial charge in [0.1, 0.15) is 5.82 Å². The third kappa shape index (κ3) is 4.97. The van der Waals surface area contributed by atoms with Gasteiger partial charge in [-0.25, -0.2) is 4.39 Å². The predicted molar refractivity (Wildman–Crippen MR) is 114 cm³/mol. The highest BCUT2D eigenvalue weighted by atomic mass is 19.4. The molecule has 0 saturated carbocycles. The van der Waals surface area contributed by atoms with Crippen molar-refractivity contribution in [3.63, 3.8) is 0 Å². The van der Waals surface area contributed by atoms with Gasteiger partial charge in [-0.2, -0.15) is 13.2 Å². The third-order valence-electron chi connectivity index (χ3n) is 5.94. The first-order valence-electron chi connectivity index (χ1n) is 10.7. The minimum absolute atomic E-state index is 0.0258. The molecule has 1 atom stereocenters. The summed E-state index contributed by atoms with van der Waals surface area (Å²) < 4.78 is 58.5. The second kappa shape index (κ2) is 9.55. The van der Waals surface area contributed by atoms with Crippen molar-refractivity contribution in [3.8, 4) is 0 Å². The van der Waals surface area contributed by atoms with Crippen molar-refractivity contribution in [2.45, 2.75) is 12.3 Å². The smallest absolute Gasteiger partial charge is 0.371 e. The van der Waals surface area contributed by atoms with Crippen molar-refractivity contribution in [3.05, 3.63) is 69.0 Å². The average molecular weight is 482 g/mol. The first-order chi connectivity index (χ1) is 16.1. The molecule has 4 rings (SSSR count). The Kier molecular flexibility index (Phi) is 6.71. The van der Waals surface area contributed by atoms with Gasteiger partial charge in [0.25, 0.3) is 11.6 Å². The van der Waals surface area contributed by atoms with Crippen LogP contribution in [-0.2, 0) is 10.9 Å². The summed E-state index contributed by atoms with van der Waals surface area (Å²) >= 11 is 0. The van der Waals surface area contributed by atoms with E-state index in [0.29, 0.717) is 31.3 Å². The number of nitrogens with zero attached hydrogens (tertiary/aromatic N) is 3. The molecule has 2 aliphatic heterocycles. The molecule has 1 amide bonds. The van der Waals surface area contributed by atoms with Crippen molar-refractivity contribution in [2.75, 3.05) is 50.8 Å². The number of anilines is 1. The normalized spacial score (nSPS) is 19.2. The molecule has 34 heavy (non-hydrogen) atoms. The molecule has 0 aromatic heterocycles. The monoisotopic (exact) mass is 482 g/mol. The van der Waals surface area contributed by atoms with Gasteiger partial charge in [0.15, 0.2) is 0 Å². The van der Waals surface area contributed by atoms with Crippen LogP contribution in [0, 0.1) is 15.9 Å². The van der Waals surface area contributed by atoms with Gasteiger partial charge in [-0.05, 0) is 29.8 Å². The van der Waals surface area contributed by atoms with E-state index in [1.54, 1.807) is 4.90 Å². The molecule has 12 heteroatoms. The molecule has 8 nitrogen and oxygen atoms in total. The number of hydrogen-bond acceptors (Lipinski definition) is 6. The second-order valence-corrected chi connectivity index (χ2v) is 8.04. The molecule has 182 valence electrons. The third-order valence-corrected chi connectivity index (χ3v) is 5.94. The summed E-state index contributed by atoms with van der Waals surface area (Å²) in [6, 6.07) is 6.45. The largest absolute Gasteiger partial charge is 0.416 e. The standard InChI is InChI=1S/C22H22F4N4O4/c23-18-11-14(22(24,25)26)1-4-19(18)28-6-8-29(9-7-28)21(31)17-12-15(30(32)33)2-3-16(17)20-13-27-5-10-34-20/h1-4,11-12,20,27H,5-10,13H2. The van der Waals surface area contributed by atoms with Crippen LogP contribution >= 0.6 is 0 Å². The van der Waals surface area contributed by atoms with Crippen LogP contribution in [-0.4, -0.2) is 61.6 Å². The van der Waals surface area contributed by atoms with E-state index in [9.17, 15) is 32.5 Å². The molecule has 0 radical (unpaired) electrons. The maximum Gasteiger partial charge on any atom is 0.416 e. The number of piperazine rings is 1. The molecule has 2 aromatic carbocycles. The molecule has 2 aliphatic rings. The summed E-state index contributed by atoms with van der Waals surface area (Å²) in [5.74, 6) is -1.40. The summed E-state index contributed by atoms with van der Waals surface area (Å²) in [4.78, 5) is 27.1. The molecule has 1 N–H and O–H groups in total. The number of rotatable bonds is 4. The fourth-order valence-corrected chi connectivity index (χ4v) is 4.15. The van der Waals surface area contributed by atoms with Crippen molar-refractivity contribution in [1.82, 2.24) is 10.2 Å². The lowest BCUT2D eigenvalue weighted by molar-refractivity contribution is -0.384. The van der Waals surface area contributed by atoms with Crippen LogP contribution in [0.5, 0.6) is 0 Å². The Labute approximate surface area is 192 Å². The van der Waals surface area contributed by atoms with Crippen LogP contribution in [0.25, 0.3) is 0 Å². The number of ether oxygens (including phenoxy) is 1. The minimum atomic E-state index is -4.64. The SMILES string of the molecule is O=C(c1cc([N+](=O)[O-])ccc1C1CNCCO1)N1CCN(c2ccc(C(F)(F)F)cc2F)CC1. The van der Waals surface area contributed by atoms with Crippen LogP contribution < -0.4 is 10.2 Å². The summed E-state index contributed by atoms with van der Waals surface area (Å²) in [5.41, 5.74) is -0.560. The van der Waals surface area contributed by atoms with Gasteiger partial charge in [-0.1, -0.05) is 0 Å². The highest BCUT2D eigenvalue weighted by Crippen LogP contribution is 2.33. The van der Waals surface area contributed by atoms with E-state index in [1.165, 1.54) is 23.1 Å². The number of benzene rings is 2. The lowest BCUT2D eigenvalue weighted by Gasteiger charge is -2.37. The fourth-order valence-electron chi connectivity index (χ4n) is 4.15. The Morgan fingerprint density at radius 2 is 1.85 bits per heavy atom. The summed E-state index contributed by atoms with van der Waals surface area (Å²) in [7, 11) is 0. The summed E-state index contributed by atoms with van der Waals surface area (Å²) in [6.45, 7) is 2.29. The molecule has 1 unspecified atom stereocenters. The van der Waals surface area contributed by atoms with Crippen LogP contribution in [0.3, 0.4) is 0 Å². The van der Waals surface area contributed by atoms with E-state index < -0.39 is 34.5 Å². The van der Waals surface area contributed by atoms with Crippen LogP contribution in [0.2, 0.25) is 0 Å². The maximum atomic E-state index is 14.4. The highest BCUT2D eigenvalue weighted by molar-refractivity contribution is 5.96. The van der Waals surface area contributed by atoms with E-state index in [-0.39, 0.29) is 43.1 Å². The van der Waals surface area contributed by atoms with Crippen LogP contribution in [0.4, 0.5) is 28.9 Å². The zero-order valence-electron chi connectivity index (χ0n) is 18.0. The average Bonchev–Trinajstić information content (AvgIpc) is 2.83. The number of carbonyl (C=O) groups is 1. The number of alkyl halides is 3. The molecule has 0 bridgehead atoms. The zero-order chi connectivity index (χ0) is 24.5. The van der Waals surface area contributed by atoms with Gasteiger partial charge >= 0.3 is 6.18 Å². The number of hydrogen-bond donors (Lipinski definition) is 1. The molecule has 0 spiro atoms. The van der Waals surface area contributed by atoms with Crippen LogP contribution in [0.1, 0.15) is 27.6 Å². The molecule has 0 aliphatic carbocycles. The van der Waals surface area contributed by atoms with Gasteiger partial charge in [0.05, 0.1) is 34.4 Å². The Balaban J connectivity index is 1.51. The number of non-ortho nitro benzene ring substituents is 1. The van der Waals surface area contributed by atoms with Gasteiger partial charge in [-0.3, -0.25) is 14.9 Å². The molecule has 2 heterocycles. The molecule has 2 fully saturated rings. The predicted octanol–water partition coefficient (Wildman–Crippen LogP) is 3.38. The van der Waals surface area contributed by atoms with Crippen molar-refractivity contribution in [2.24, 2.45) is 0 Å². The van der Waals surface area contributed by atoms with Crippen molar-refractivity contribution < 1.29 is 32.0 Å². The van der Waals surface area contributed by atoms with Gasteiger partial charge in [-0.15, -0.1) is 0 Å².